The number of hydrogen-bond donors (Lipinski definition) is 1. The molecule has 0 aliphatic carbocycles. The van der Waals surface area contributed by atoms with Crippen LogP contribution in [0.5, 0.6) is 0 Å². The van der Waals surface area contributed by atoms with E-state index in [2.05, 4.69) is 11.9 Å². The van der Waals surface area contributed by atoms with Crippen LogP contribution in [0, 0.1) is 12.8 Å². The molecular weight excluding hydrogens is 609 g/mol. The van der Waals surface area contributed by atoms with Gasteiger partial charge in [-0.3, -0.25) is 23.7 Å². The molecule has 1 N–H and O–H groups in total. The van der Waals surface area contributed by atoms with Crippen LogP contribution < -0.4 is 16.4 Å². The van der Waals surface area contributed by atoms with Crippen LogP contribution in [-0.4, -0.2) is 39.4 Å². The molecule has 234 valence electrons. The second kappa shape index (κ2) is 12.0. The maximum absolute atomic E-state index is 14.3. The maximum atomic E-state index is 14.3. The van der Waals surface area contributed by atoms with E-state index in [1.807, 2.05) is 26.0 Å². The average Bonchev–Trinajstić information content (AvgIpc) is 2.96. The zero-order valence-electron chi connectivity index (χ0n) is 24.7. The molecule has 0 atom stereocenters. The highest BCUT2D eigenvalue weighted by molar-refractivity contribution is 6.34. The van der Waals surface area contributed by atoms with Crippen molar-refractivity contribution in [3.8, 4) is 16.8 Å². The summed E-state index contributed by atoms with van der Waals surface area (Å²) in [6.07, 6.45) is -3.23. The first kappa shape index (κ1) is 31.8. The Morgan fingerprint density at radius 2 is 1.78 bits per heavy atom. The van der Waals surface area contributed by atoms with Crippen LogP contribution in [0.25, 0.3) is 27.8 Å². The number of likely N-dealkylation sites (tertiary alicyclic amines) is 1. The largest absolute Gasteiger partial charge is 0.417 e. The van der Waals surface area contributed by atoms with Crippen LogP contribution in [0.4, 0.5) is 18.9 Å². The molecular formula is C33H30ClF3N4O4. The normalized spacial score (nSPS) is 13.6. The summed E-state index contributed by atoms with van der Waals surface area (Å²) < 4.78 is 45.3. The van der Waals surface area contributed by atoms with Gasteiger partial charge in [-0.2, -0.15) is 13.2 Å². The molecule has 12 heteroatoms. The summed E-state index contributed by atoms with van der Waals surface area (Å²) in [5.74, 6) is -0.474. The van der Waals surface area contributed by atoms with Crippen LogP contribution in [0.1, 0.15) is 36.5 Å². The van der Waals surface area contributed by atoms with Gasteiger partial charge in [0.2, 0.25) is 12.3 Å². The molecule has 1 saturated heterocycles. The number of rotatable bonds is 8. The lowest BCUT2D eigenvalue weighted by atomic mass is 9.96. The number of amides is 2. The molecule has 2 amide bonds. The molecule has 3 aromatic carbocycles. The Bertz CT molecular complexity index is 1970. The number of nitrogens with one attached hydrogen (secondary N) is 1. The van der Waals surface area contributed by atoms with Gasteiger partial charge in [-0.25, -0.2) is 0 Å². The molecule has 1 aliphatic rings. The minimum Gasteiger partial charge on any atom is -0.338 e. The third-order valence-electron chi connectivity index (χ3n) is 8.07. The monoisotopic (exact) mass is 638 g/mol. The van der Waals surface area contributed by atoms with Gasteiger partial charge < -0.3 is 14.8 Å². The van der Waals surface area contributed by atoms with Crippen molar-refractivity contribution in [2.75, 3.05) is 18.4 Å². The first-order valence-electron chi connectivity index (χ1n) is 14.2. The number of anilines is 1. The molecule has 4 aromatic rings. The van der Waals surface area contributed by atoms with E-state index in [4.69, 9.17) is 11.6 Å². The van der Waals surface area contributed by atoms with Crippen molar-refractivity contribution in [3.63, 3.8) is 0 Å². The molecule has 0 bridgehead atoms. The zero-order valence-corrected chi connectivity index (χ0v) is 25.5. The van der Waals surface area contributed by atoms with E-state index in [1.54, 1.807) is 17.9 Å². The fraction of sp³-hybridized carbons (Fsp3) is 0.273. The number of carbonyl (C=O) groups excluding carboxylic acids is 2. The number of alkyl halides is 3. The highest BCUT2D eigenvalue weighted by Crippen LogP contribution is 2.42. The van der Waals surface area contributed by atoms with E-state index in [-0.39, 0.29) is 57.2 Å². The number of carbonyl (C=O) groups is 2. The first-order valence-corrected chi connectivity index (χ1v) is 14.6. The number of hydrogen-bond acceptors (Lipinski definition) is 4. The van der Waals surface area contributed by atoms with Crippen molar-refractivity contribution in [1.82, 2.24) is 14.0 Å². The predicted octanol–water partition coefficient (Wildman–Crippen LogP) is 6.14. The second-order valence-electron chi connectivity index (χ2n) is 11.4. The van der Waals surface area contributed by atoms with Crippen molar-refractivity contribution in [3.05, 3.63) is 104 Å². The Balaban J connectivity index is 1.85. The van der Waals surface area contributed by atoms with Gasteiger partial charge in [0.1, 0.15) is 0 Å². The fourth-order valence-corrected chi connectivity index (χ4v) is 6.12. The number of fused-ring (bicyclic) bond motifs is 1. The predicted molar refractivity (Wildman–Crippen MR) is 168 cm³/mol. The number of halogens is 4. The average molecular weight is 639 g/mol. The van der Waals surface area contributed by atoms with Gasteiger partial charge in [0.15, 0.2) is 0 Å². The number of aromatic nitrogens is 2. The number of benzene rings is 3. The van der Waals surface area contributed by atoms with E-state index >= 15 is 0 Å². The van der Waals surface area contributed by atoms with Crippen molar-refractivity contribution >= 4 is 40.6 Å². The van der Waals surface area contributed by atoms with Crippen molar-refractivity contribution in [1.29, 1.82) is 0 Å². The SMILES string of the molecule is C=CC(=O)N1CC(Cn2c(=O)c(=O)n(-c3c(C)cccc3C(C)C)c3cc(-c4cc(NC=O)ccc4C(F)(F)F)c(Cl)cc32)C1. The Morgan fingerprint density at radius 1 is 1.07 bits per heavy atom. The van der Waals surface area contributed by atoms with Gasteiger partial charge in [-0.15, -0.1) is 0 Å². The lowest BCUT2D eigenvalue weighted by Gasteiger charge is -2.39. The van der Waals surface area contributed by atoms with Crippen LogP contribution in [-0.2, 0) is 22.3 Å². The molecule has 5 rings (SSSR count). The molecule has 0 radical (unpaired) electrons. The summed E-state index contributed by atoms with van der Waals surface area (Å²) in [7, 11) is 0. The Kier molecular flexibility index (Phi) is 8.50. The van der Waals surface area contributed by atoms with Gasteiger partial charge in [0, 0.05) is 36.8 Å². The van der Waals surface area contributed by atoms with Crippen LogP contribution in [0.2, 0.25) is 5.02 Å². The van der Waals surface area contributed by atoms with Crippen LogP contribution in [0.3, 0.4) is 0 Å². The molecule has 0 unspecified atom stereocenters. The summed E-state index contributed by atoms with van der Waals surface area (Å²) in [5.41, 5.74) is -0.631. The molecule has 8 nitrogen and oxygen atoms in total. The van der Waals surface area contributed by atoms with Gasteiger partial charge in [-0.1, -0.05) is 50.2 Å². The quantitative estimate of drug-likeness (QED) is 0.143. The first-order chi connectivity index (χ1) is 21.3. The summed E-state index contributed by atoms with van der Waals surface area (Å²) in [6, 6.07) is 11.4. The third-order valence-corrected chi connectivity index (χ3v) is 8.38. The summed E-state index contributed by atoms with van der Waals surface area (Å²) >= 11 is 6.71. The number of nitrogens with zero attached hydrogens (tertiary/aromatic N) is 3. The van der Waals surface area contributed by atoms with Crippen molar-refractivity contribution in [2.24, 2.45) is 5.92 Å². The Hall–Kier alpha value is -4.64. The van der Waals surface area contributed by atoms with E-state index in [1.165, 1.54) is 27.3 Å². The van der Waals surface area contributed by atoms with Crippen molar-refractivity contribution in [2.45, 2.75) is 39.4 Å². The third kappa shape index (κ3) is 5.80. The minimum absolute atomic E-state index is 0.0459. The number of para-hydroxylation sites is 1. The summed E-state index contributed by atoms with van der Waals surface area (Å²) in [6.45, 7) is 9.91. The fourth-order valence-electron chi connectivity index (χ4n) is 5.86. The van der Waals surface area contributed by atoms with Crippen LogP contribution >= 0.6 is 11.6 Å². The second-order valence-corrected chi connectivity index (χ2v) is 11.8. The van der Waals surface area contributed by atoms with E-state index < -0.39 is 22.9 Å². The smallest absolute Gasteiger partial charge is 0.338 e. The highest BCUT2D eigenvalue weighted by Gasteiger charge is 2.35. The molecule has 1 aliphatic heterocycles. The Labute approximate surface area is 261 Å². The van der Waals surface area contributed by atoms with E-state index in [0.29, 0.717) is 30.8 Å². The van der Waals surface area contributed by atoms with Gasteiger partial charge in [0.05, 0.1) is 27.3 Å². The maximum Gasteiger partial charge on any atom is 0.417 e. The van der Waals surface area contributed by atoms with E-state index in [9.17, 15) is 32.3 Å². The standard InChI is InChI=1S/C33H30ClF3N4O4/c1-5-29(43)39-14-20(15-39)16-40-27-13-26(34)24(23-11-21(38-17-42)9-10-25(23)33(35,36)37)12-28(27)41(32(45)31(40)44)30-19(4)7-6-8-22(30)18(2)3/h5-13,17-18,20H,1,14-16H2,2-4H3,(H,38,42). The summed E-state index contributed by atoms with van der Waals surface area (Å²) in [5, 5.41) is 2.27. The van der Waals surface area contributed by atoms with Gasteiger partial charge in [0.25, 0.3) is 0 Å². The van der Waals surface area contributed by atoms with Crippen LogP contribution in [0.15, 0.2) is 70.8 Å². The lowest BCUT2D eigenvalue weighted by Crippen LogP contribution is -2.52. The molecule has 45 heavy (non-hydrogen) atoms. The minimum atomic E-state index is -4.77. The molecule has 0 saturated carbocycles. The molecule has 1 fully saturated rings. The van der Waals surface area contributed by atoms with E-state index in [0.717, 1.165) is 23.8 Å². The number of aryl methyl sites for hydroxylation is 1. The molecule has 1 aromatic heterocycles. The zero-order chi connectivity index (χ0) is 32.8. The topological polar surface area (TPSA) is 93.4 Å². The highest BCUT2D eigenvalue weighted by atomic mass is 35.5. The molecule has 0 spiro atoms. The van der Waals surface area contributed by atoms with Crippen molar-refractivity contribution < 1.29 is 22.8 Å². The van der Waals surface area contributed by atoms with Gasteiger partial charge in [-0.05, 0) is 65.9 Å². The lowest BCUT2D eigenvalue weighted by molar-refractivity contribution is -0.137. The molecule has 2 heterocycles. The summed E-state index contributed by atoms with van der Waals surface area (Å²) in [4.78, 5) is 52.5. The Morgan fingerprint density at radius 3 is 2.40 bits per heavy atom. The van der Waals surface area contributed by atoms with Gasteiger partial charge >= 0.3 is 17.3 Å².